The number of ether oxygens (including phenoxy) is 2. The second-order valence-electron chi connectivity index (χ2n) is 4.98. The SMILES string of the molecule is CCOC(=O)Cn1nccc1OCC(C)(C)C. The Morgan fingerprint density at radius 1 is 1.47 bits per heavy atom. The monoisotopic (exact) mass is 240 g/mol. The van der Waals surface area contributed by atoms with E-state index >= 15 is 0 Å². The Bertz CT molecular complexity index is 366. The minimum atomic E-state index is -0.309. The van der Waals surface area contributed by atoms with E-state index in [4.69, 9.17) is 9.47 Å². The van der Waals surface area contributed by atoms with Gasteiger partial charge < -0.3 is 9.47 Å². The highest BCUT2D eigenvalue weighted by Gasteiger charge is 2.14. The molecule has 1 rings (SSSR count). The van der Waals surface area contributed by atoms with Crippen LogP contribution in [0.5, 0.6) is 5.88 Å². The van der Waals surface area contributed by atoms with Crippen molar-refractivity contribution in [1.82, 2.24) is 9.78 Å². The molecule has 0 aliphatic heterocycles. The van der Waals surface area contributed by atoms with Crippen molar-refractivity contribution < 1.29 is 14.3 Å². The van der Waals surface area contributed by atoms with Crippen molar-refractivity contribution >= 4 is 5.97 Å². The van der Waals surface area contributed by atoms with Crippen LogP contribution in [0.2, 0.25) is 0 Å². The van der Waals surface area contributed by atoms with Gasteiger partial charge >= 0.3 is 5.97 Å². The highest BCUT2D eigenvalue weighted by molar-refractivity contribution is 5.69. The van der Waals surface area contributed by atoms with Crippen LogP contribution in [0, 0.1) is 5.41 Å². The summed E-state index contributed by atoms with van der Waals surface area (Å²) in [5, 5.41) is 4.03. The lowest BCUT2D eigenvalue weighted by Gasteiger charge is -2.18. The van der Waals surface area contributed by atoms with Gasteiger partial charge in [-0.05, 0) is 12.3 Å². The molecule has 0 saturated carbocycles. The number of hydrogen-bond donors (Lipinski definition) is 0. The number of aromatic nitrogens is 2. The molecule has 0 aliphatic carbocycles. The van der Waals surface area contributed by atoms with Gasteiger partial charge in [0.25, 0.3) is 0 Å². The molecule has 0 fully saturated rings. The molecule has 0 amide bonds. The maximum atomic E-state index is 11.3. The van der Waals surface area contributed by atoms with Gasteiger partial charge in [0.2, 0.25) is 5.88 Å². The van der Waals surface area contributed by atoms with E-state index in [-0.39, 0.29) is 17.9 Å². The molecule has 5 heteroatoms. The fourth-order valence-electron chi connectivity index (χ4n) is 1.18. The molecule has 0 bridgehead atoms. The van der Waals surface area contributed by atoms with Gasteiger partial charge in [-0.1, -0.05) is 20.8 Å². The lowest BCUT2D eigenvalue weighted by atomic mass is 9.99. The maximum Gasteiger partial charge on any atom is 0.327 e. The highest BCUT2D eigenvalue weighted by atomic mass is 16.5. The molecular weight excluding hydrogens is 220 g/mol. The Morgan fingerprint density at radius 3 is 2.76 bits per heavy atom. The van der Waals surface area contributed by atoms with Gasteiger partial charge in [-0.2, -0.15) is 5.10 Å². The molecule has 5 nitrogen and oxygen atoms in total. The summed E-state index contributed by atoms with van der Waals surface area (Å²) in [6.07, 6.45) is 1.61. The predicted octanol–water partition coefficient (Wildman–Crippen LogP) is 1.87. The van der Waals surface area contributed by atoms with Crippen molar-refractivity contribution in [2.75, 3.05) is 13.2 Å². The summed E-state index contributed by atoms with van der Waals surface area (Å²) in [4.78, 5) is 11.3. The molecule has 0 spiro atoms. The summed E-state index contributed by atoms with van der Waals surface area (Å²) >= 11 is 0. The van der Waals surface area contributed by atoms with Gasteiger partial charge in [0, 0.05) is 6.07 Å². The van der Waals surface area contributed by atoms with E-state index in [1.165, 1.54) is 4.68 Å². The van der Waals surface area contributed by atoms with Crippen molar-refractivity contribution in [2.45, 2.75) is 34.2 Å². The third-order valence-corrected chi connectivity index (χ3v) is 1.91. The Hall–Kier alpha value is -1.52. The molecule has 1 aromatic heterocycles. The zero-order chi connectivity index (χ0) is 12.9. The van der Waals surface area contributed by atoms with Gasteiger partial charge in [0.15, 0.2) is 0 Å². The summed E-state index contributed by atoms with van der Waals surface area (Å²) in [6, 6.07) is 1.74. The first-order chi connectivity index (χ1) is 7.92. The molecule has 1 aromatic rings. The summed E-state index contributed by atoms with van der Waals surface area (Å²) in [5.74, 6) is 0.282. The smallest absolute Gasteiger partial charge is 0.327 e. The Kier molecular flexibility index (Phi) is 4.54. The average Bonchev–Trinajstić information content (AvgIpc) is 2.61. The second-order valence-corrected chi connectivity index (χ2v) is 4.98. The standard InChI is InChI=1S/C12H20N2O3/c1-5-16-11(15)8-14-10(6-7-13-14)17-9-12(2,3)4/h6-7H,5,8-9H2,1-4H3. The number of hydrogen-bond acceptors (Lipinski definition) is 4. The number of nitrogens with zero attached hydrogens (tertiary/aromatic N) is 2. The number of carbonyl (C=O) groups is 1. The first-order valence-corrected chi connectivity index (χ1v) is 5.72. The molecule has 0 atom stereocenters. The van der Waals surface area contributed by atoms with Gasteiger partial charge in [-0.15, -0.1) is 0 Å². The van der Waals surface area contributed by atoms with Crippen molar-refractivity contribution in [3.8, 4) is 5.88 Å². The molecule has 0 aromatic carbocycles. The molecular formula is C12H20N2O3. The van der Waals surface area contributed by atoms with Crippen LogP contribution in [0.1, 0.15) is 27.7 Å². The summed E-state index contributed by atoms with van der Waals surface area (Å²) in [6.45, 7) is 9.05. The molecule has 96 valence electrons. The van der Waals surface area contributed by atoms with Crippen LogP contribution in [0.4, 0.5) is 0 Å². The van der Waals surface area contributed by atoms with E-state index in [2.05, 4.69) is 25.9 Å². The van der Waals surface area contributed by atoms with Crippen LogP contribution in [-0.2, 0) is 16.1 Å². The quantitative estimate of drug-likeness (QED) is 0.737. The van der Waals surface area contributed by atoms with Crippen LogP contribution >= 0.6 is 0 Å². The van der Waals surface area contributed by atoms with E-state index in [9.17, 15) is 4.79 Å². The van der Waals surface area contributed by atoms with Crippen molar-refractivity contribution in [1.29, 1.82) is 0 Å². The maximum absolute atomic E-state index is 11.3. The van der Waals surface area contributed by atoms with E-state index in [1.807, 2.05) is 0 Å². The summed E-state index contributed by atoms with van der Waals surface area (Å²) in [7, 11) is 0. The van der Waals surface area contributed by atoms with E-state index < -0.39 is 0 Å². The first kappa shape index (κ1) is 13.5. The predicted molar refractivity (Wildman–Crippen MR) is 63.8 cm³/mol. The van der Waals surface area contributed by atoms with Crippen LogP contribution in [0.3, 0.4) is 0 Å². The molecule has 0 saturated heterocycles. The Balaban J connectivity index is 2.57. The zero-order valence-electron chi connectivity index (χ0n) is 10.9. The lowest BCUT2D eigenvalue weighted by molar-refractivity contribution is -0.144. The first-order valence-electron chi connectivity index (χ1n) is 5.72. The number of carbonyl (C=O) groups excluding carboxylic acids is 1. The summed E-state index contributed by atoms with van der Waals surface area (Å²) in [5.41, 5.74) is 0.0685. The molecule has 0 radical (unpaired) electrons. The van der Waals surface area contributed by atoms with Crippen LogP contribution in [-0.4, -0.2) is 29.0 Å². The largest absolute Gasteiger partial charge is 0.477 e. The molecule has 17 heavy (non-hydrogen) atoms. The van der Waals surface area contributed by atoms with Crippen LogP contribution in [0.25, 0.3) is 0 Å². The number of rotatable bonds is 5. The van der Waals surface area contributed by atoms with Crippen LogP contribution in [0.15, 0.2) is 12.3 Å². The zero-order valence-corrected chi connectivity index (χ0v) is 10.9. The fourth-order valence-corrected chi connectivity index (χ4v) is 1.18. The molecule has 1 heterocycles. The van der Waals surface area contributed by atoms with E-state index in [0.29, 0.717) is 19.1 Å². The van der Waals surface area contributed by atoms with Crippen molar-refractivity contribution in [2.24, 2.45) is 5.41 Å². The third-order valence-electron chi connectivity index (χ3n) is 1.91. The highest BCUT2D eigenvalue weighted by Crippen LogP contribution is 2.17. The third kappa shape index (κ3) is 4.89. The number of esters is 1. The topological polar surface area (TPSA) is 53.4 Å². The lowest BCUT2D eigenvalue weighted by Crippen LogP contribution is -2.20. The molecule has 0 aliphatic rings. The Labute approximate surface area is 102 Å². The minimum absolute atomic E-state index is 0.0685. The van der Waals surface area contributed by atoms with Gasteiger partial charge in [-0.3, -0.25) is 4.79 Å². The van der Waals surface area contributed by atoms with E-state index in [1.54, 1.807) is 19.2 Å². The van der Waals surface area contributed by atoms with E-state index in [0.717, 1.165) is 0 Å². The second kappa shape index (κ2) is 5.70. The van der Waals surface area contributed by atoms with Crippen molar-refractivity contribution in [3.05, 3.63) is 12.3 Å². The van der Waals surface area contributed by atoms with Gasteiger partial charge in [0.1, 0.15) is 6.54 Å². The Morgan fingerprint density at radius 2 is 2.18 bits per heavy atom. The average molecular weight is 240 g/mol. The van der Waals surface area contributed by atoms with Crippen molar-refractivity contribution in [3.63, 3.8) is 0 Å². The van der Waals surface area contributed by atoms with Gasteiger partial charge in [-0.25, -0.2) is 4.68 Å². The van der Waals surface area contributed by atoms with Crippen LogP contribution < -0.4 is 4.74 Å². The minimum Gasteiger partial charge on any atom is -0.477 e. The summed E-state index contributed by atoms with van der Waals surface area (Å²) < 4.78 is 12.0. The van der Waals surface area contributed by atoms with Gasteiger partial charge in [0.05, 0.1) is 19.4 Å². The molecule has 0 unspecified atom stereocenters. The normalized spacial score (nSPS) is 11.3. The fraction of sp³-hybridized carbons (Fsp3) is 0.667. The molecule has 0 N–H and O–H groups in total.